The molecule has 0 radical (unpaired) electrons. The van der Waals surface area contributed by atoms with Crippen molar-refractivity contribution >= 4 is 27.8 Å². The van der Waals surface area contributed by atoms with Crippen LogP contribution in [0.4, 0.5) is 13.2 Å². The SMILES string of the molecule is Cc1ncncc1[C@@H](C)NC(=O)c1ccc2c(c1)c1cn(C)nc1n2-c1ccc(C(F)(F)F)cc1. The number of aromatic nitrogens is 5. The maximum atomic E-state index is 13.0. The van der Waals surface area contributed by atoms with Crippen LogP contribution in [0.3, 0.4) is 0 Å². The molecule has 1 amide bonds. The van der Waals surface area contributed by atoms with Gasteiger partial charge in [0.1, 0.15) is 6.33 Å². The van der Waals surface area contributed by atoms with E-state index in [-0.39, 0.29) is 11.9 Å². The molecule has 3 aromatic heterocycles. The van der Waals surface area contributed by atoms with Gasteiger partial charge in [0.05, 0.1) is 17.1 Å². The first kappa shape index (κ1) is 22.6. The van der Waals surface area contributed by atoms with E-state index in [2.05, 4.69) is 20.4 Å². The molecule has 178 valence electrons. The predicted molar refractivity (Wildman–Crippen MR) is 125 cm³/mol. The summed E-state index contributed by atoms with van der Waals surface area (Å²) in [5, 5.41) is 9.05. The molecule has 0 bridgehead atoms. The van der Waals surface area contributed by atoms with E-state index in [0.717, 1.165) is 39.7 Å². The summed E-state index contributed by atoms with van der Waals surface area (Å²) in [5.41, 5.74) is 3.21. The van der Waals surface area contributed by atoms with Crippen LogP contribution in [0.1, 0.15) is 40.1 Å². The van der Waals surface area contributed by atoms with Gasteiger partial charge in [-0.25, -0.2) is 9.97 Å². The normalized spacial score (nSPS) is 12.9. The first-order valence-electron chi connectivity index (χ1n) is 10.9. The Hall–Kier alpha value is -4.21. The first-order valence-corrected chi connectivity index (χ1v) is 10.9. The molecule has 10 heteroatoms. The zero-order chi connectivity index (χ0) is 24.9. The average molecular weight is 478 g/mol. The number of aryl methyl sites for hydroxylation is 2. The molecule has 0 aliphatic carbocycles. The molecule has 35 heavy (non-hydrogen) atoms. The summed E-state index contributed by atoms with van der Waals surface area (Å²) in [7, 11) is 1.77. The first-order chi connectivity index (χ1) is 16.6. The van der Waals surface area contributed by atoms with Gasteiger partial charge in [0, 0.05) is 52.7 Å². The quantitative estimate of drug-likeness (QED) is 0.389. The number of hydrogen-bond donors (Lipinski definition) is 1. The number of hydrogen-bond acceptors (Lipinski definition) is 4. The van der Waals surface area contributed by atoms with Crippen molar-refractivity contribution in [2.45, 2.75) is 26.1 Å². The standard InChI is InChI=1S/C25H21F3N6O/c1-14-20(11-29-13-30-14)15(2)31-24(35)16-4-9-22-19(10-16)21-12-33(3)32-23(21)34(22)18-7-5-17(6-8-18)25(26,27)28/h4-13,15H,1-3H3,(H,31,35)/t15-/m1/s1. The number of nitrogens with zero attached hydrogens (tertiary/aromatic N) is 5. The zero-order valence-electron chi connectivity index (χ0n) is 19.1. The van der Waals surface area contributed by atoms with Gasteiger partial charge in [0.2, 0.25) is 0 Å². The topological polar surface area (TPSA) is 77.6 Å². The Morgan fingerprint density at radius 3 is 2.51 bits per heavy atom. The van der Waals surface area contributed by atoms with Crippen LogP contribution in [-0.2, 0) is 13.2 Å². The highest BCUT2D eigenvalue weighted by Crippen LogP contribution is 2.34. The van der Waals surface area contributed by atoms with Crippen molar-refractivity contribution in [1.29, 1.82) is 0 Å². The summed E-state index contributed by atoms with van der Waals surface area (Å²) in [4.78, 5) is 21.3. The number of alkyl halides is 3. The van der Waals surface area contributed by atoms with Gasteiger partial charge in [-0.1, -0.05) is 0 Å². The molecule has 0 fully saturated rings. The Bertz CT molecular complexity index is 1570. The Balaban J connectivity index is 1.55. The van der Waals surface area contributed by atoms with Gasteiger partial charge in [-0.3, -0.25) is 14.0 Å². The molecule has 0 saturated heterocycles. The Morgan fingerprint density at radius 1 is 1.09 bits per heavy atom. The van der Waals surface area contributed by atoms with Crippen molar-refractivity contribution in [2.75, 3.05) is 0 Å². The molecule has 0 spiro atoms. The van der Waals surface area contributed by atoms with Crippen LogP contribution in [0.5, 0.6) is 0 Å². The molecule has 0 saturated carbocycles. The van der Waals surface area contributed by atoms with E-state index in [1.807, 2.05) is 20.0 Å². The highest BCUT2D eigenvalue weighted by atomic mass is 19.4. The van der Waals surface area contributed by atoms with Crippen LogP contribution in [0, 0.1) is 6.92 Å². The lowest BCUT2D eigenvalue weighted by Gasteiger charge is -2.15. The molecular formula is C25H21F3N6O. The van der Waals surface area contributed by atoms with E-state index in [4.69, 9.17) is 0 Å². The van der Waals surface area contributed by atoms with Gasteiger partial charge >= 0.3 is 6.18 Å². The highest BCUT2D eigenvalue weighted by molar-refractivity contribution is 6.10. The monoisotopic (exact) mass is 478 g/mol. The Kier molecular flexibility index (Phi) is 5.31. The fourth-order valence-corrected chi connectivity index (χ4v) is 4.28. The predicted octanol–water partition coefficient (Wildman–Crippen LogP) is 5.13. The summed E-state index contributed by atoms with van der Waals surface area (Å²) in [6.07, 6.45) is 0.552. The van der Waals surface area contributed by atoms with Crippen molar-refractivity contribution in [3.63, 3.8) is 0 Å². The lowest BCUT2D eigenvalue weighted by Crippen LogP contribution is -2.27. The van der Waals surface area contributed by atoms with Crippen LogP contribution >= 0.6 is 0 Å². The van der Waals surface area contributed by atoms with Gasteiger partial charge in [-0.05, 0) is 56.3 Å². The maximum Gasteiger partial charge on any atom is 0.416 e. The lowest BCUT2D eigenvalue weighted by atomic mass is 10.1. The molecule has 3 heterocycles. The maximum absolute atomic E-state index is 13.0. The number of halogens is 3. The van der Waals surface area contributed by atoms with Crippen LogP contribution in [0.2, 0.25) is 0 Å². The van der Waals surface area contributed by atoms with Crippen molar-refractivity contribution < 1.29 is 18.0 Å². The summed E-state index contributed by atoms with van der Waals surface area (Å²) in [6, 6.07) is 9.89. The lowest BCUT2D eigenvalue weighted by molar-refractivity contribution is -0.137. The molecule has 2 aromatic carbocycles. The number of carbonyl (C=O) groups excluding carboxylic acids is 1. The number of carbonyl (C=O) groups is 1. The Labute approximate surface area is 198 Å². The van der Waals surface area contributed by atoms with E-state index in [0.29, 0.717) is 16.9 Å². The largest absolute Gasteiger partial charge is 0.416 e. The van der Waals surface area contributed by atoms with Gasteiger partial charge in [0.25, 0.3) is 5.91 Å². The Morgan fingerprint density at radius 2 is 1.83 bits per heavy atom. The van der Waals surface area contributed by atoms with Crippen LogP contribution in [-0.4, -0.2) is 30.2 Å². The second-order valence-electron chi connectivity index (χ2n) is 8.41. The summed E-state index contributed by atoms with van der Waals surface area (Å²) >= 11 is 0. The van der Waals surface area contributed by atoms with E-state index in [1.54, 1.807) is 40.7 Å². The molecule has 1 atom stereocenters. The molecule has 7 nitrogen and oxygen atoms in total. The molecular weight excluding hydrogens is 457 g/mol. The zero-order valence-corrected chi connectivity index (χ0v) is 19.1. The minimum absolute atomic E-state index is 0.262. The number of fused-ring (bicyclic) bond motifs is 3. The van der Waals surface area contributed by atoms with Crippen LogP contribution in [0.25, 0.3) is 27.6 Å². The minimum Gasteiger partial charge on any atom is -0.345 e. The number of rotatable bonds is 4. The van der Waals surface area contributed by atoms with Gasteiger partial charge in [-0.15, -0.1) is 0 Å². The van der Waals surface area contributed by atoms with E-state index < -0.39 is 11.7 Å². The van der Waals surface area contributed by atoms with Gasteiger partial charge in [-0.2, -0.15) is 18.3 Å². The van der Waals surface area contributed by atoms with Crippen LogP contribution in [0.15, 0.2) is 61.2 Å². The summed E-state index contributed by atoms with van der Waals surface area (Å²) in [6.45, 7) is 3.72. The molecule has 1 N–H and O–H groups in total. The average Bonchev–Trinajstić information content (AvgIpc) is 3.33. The van der Waals surface area contributed by atoms with E-state index >= 15 is 0 Å². The van der Waals surface area contributed by atoms with Crippen molar-refractivity contribution in [3.8, 4) is 5.69 Å². The third-order valence-corrected chi connectivity index (χ3v) is 6.03. The highest BCUT2D eigenvalue weighted by Gasteiger charge is 2.30. The molecule has 0 unspecified atom stereocenters. The minimum atomic E-state index is -4.42. The van der Waals surface area contributed by atoms with Crippen molar-refractivity contribution in [2.24, 2.45) is 7.05 Å². The van der Waals surface area contributed by atoms with E-state index in [1.165, 1.54) is 18.5 Å². The summed E-state index contributed by atoms with van der Waals surface area (Å²) < 4.78 is 42.6. The third-order valence-electron chi connectivity index (χ3n) is 6.03. The summed E-state index contributed by atoms with van der Waals surface area (Å²) in [5.74, 6) is -0.262. The van der Waals surface area contributed by atoms with E-state index in [9.17, 15) is 18.0 Å². The number of benzene rings is 2. The van der Waals surface area contributed by atoms with Crippen molar-refractivity contribution in [1.82, 2.24) is 29.6 Å². The third kappa shape index (κ3) is 4.01. The van der Waals surface area contributed by atoms with Crippen molar-refractivity contribution in [3.05, 3.63) is 83.6 Å². The van der Waals surface area contributed by atoms with Gasteiger partial charge in [0.15, 0.2) is 5.65 Å². The molecule has 5 rings (SSSR count). The second-order valence-corrected chi connectivity index (χ2v) is 8.41. The van der Waals surface area contributed by atoms with Gasteiger partial charge < -0.3 is 5.32 Å². The fourth-order valence-electron chi connectivity index (χ4n) is 4.28. The fraction of sp³-hybridized carbons (Fsp3) is 0.200. The molecule has 5 aromatic rings. The smallest absolute Gasteiger partial charge is 0.345 e. The molecule has 0 aliphatic rings. The second kappa shape index (κ2) is 8.23. The number of nitrogens with one attached hydrogen (secondary N) is 1. The number of amides is 1. The molecule has 0 aliphatic heterocycles. The van der Waals surface area contributed by atoms with Crippen LogP contribution < -0.4 is 5.32 Å².